The molecule has 1 saturated carbocycles. The Kier molecular flexibility index (Phi) is 6.80. The van der Waals surface area contributed by atoms with Crippen LogP contribution in [0.15, 0.2) is 97.1 Å². The van der Waals surface area contributed by atoms with E-state index < -0.39 is 0 Å². The van der Waals surface area contributed by atoms with Gasteiger partial charge in [0.05, 0.1) is 5.54 Å². The fourth-order valence-corrected chi connectivity index (χ4v) is 5.44. The van der Waals surface area contributed by atoms with Crippen molar-refractivity contribution >= 4 is 12.0 Å². The minimum Gasteiger partial charge on any atom is -0.332 e. The Balaban J connectivity index is 1.66. The van der Waals surface area contributed by atoms with E-state index >= 15 is 0 Å². The van der Waals surface area contributed by atoms with Gasteiger partial charge in [0.15, 0.2) is 0 Å². The van der Waals surface area contributed by atoms with Crippen LogP contribution in [0.2, 0.25) is 0 Å². The van der Waals surface area contributed by atoms with E-state index in [1.54, 1.807) is 6.08 Å². The maximum absolute atomic E-state index is 13.4. The second-order valence-electron chi connectivity index (χ2n) is 9.33. The smallest absolute Gasteiger partial charge is 0.247 e. The topological polar surface area (TPSA) is 23.6 Å². The molecule has 4 rings (SSSR count). The summed E-state index contributed by atoms with van der Waals surface area (Å²) in [7, 11) is 6.33. The number of rotatable bonds is 6. The van der Waals surface area contributed by atoms with E-state index in [-0.39, 0.29) is 17.0 Å². The van der Waals surface area contributed by atoms with Crippen LogP contribution in [0, 0.1) is 0 Å². The Morgan fingerprint density at radius 3 is 1.58 bits per heavy atom. The van der Waals surface area contributed by atoms with E-state index in [1.807, 2.05) is 54.4 Å². The summed E-state index contributed by atoms with van der Waals surface area (Å²) in [4.78, 5) is 17.7. The molecule has 3 aromatic carbocycles. The lowest BCUT2D eigenvalue weighted by Gasteiger charge is -2.53. The van der Waals surface area contributed by atoms with Crippen LogP contribution in [-0.4, -0.2) is 36.9 Å². The van der Waals surface area contributed by atoms with E-state index in [4.69, 9.17) is 0 Å². The second-order valence-corrected chi connectivity index (χ2v) is 9.33. The molecule has 0 heterocycles. The van der Waals surface area contributed by atoms with Gasteiger partial charge in [-0.05, 0) is 62.5 Å². The molecule has 0 bridgehead atoms. The van der Waals surface area contributed by atoms with Gasteiger partial charge < -0.3 is 4.90 Å². The number of hydrogen-bond acceptors (Lipinski definition) is 2. The zero-order valence-electron chi connectivity index (χ0n) is 19.9. The van der Waals surface area contributed by atoms with Crippen LogP contribution in [-0.2, 0) is 15.9 Å². The summed E-state index contributed by atoms with van der Waals surface area (Å²) in [6.07, 6.45) is 7.41. The van der Waals surface area contributed by atoms with Gasteiger partial charge in [0, 0.05) is 18.7 Å². The largest absolute Gasteiger partial charge is 0.332 e. The Hall–Kier alpha value is -3.17. The molecule has 0 N–H and O–H groups in total. The maximum atomic E-state index is 13.4. The van der Waals surface area contributed by atoms with Crippen LogP contribution in [0.25, 0.3) is 6.08 Å². The zero-order chi connectivity index (χ0) is 23.3. The molecule has 0 radical (unpaired) electrons. The molecule has 0 aliphatic heterocycles. The van der Waals surface area contributed by atoms with Gasteiger partial charge in [-0.15, -0.1) is 0 Å². The van der Waals surface area contributed by atoms with E-state index in [9.17, 15) is 4.79 Å². The number of amides is 1. The molecule has 3 aromatic rings. The van der Waals surface area contributed by atoms with Gasteiger partial charge in [-0.2, -0.15) is 0 Å². The molecule has 3 nitrogen and oxygen atoms in total. The number of carbonyl (C=O) groups excluding carboxylic acids is 1. The first-order chi connectivity index (χ1) is 16.0. The maximum Gasteiger partial charge on any atom is 0.247 e. The predicted molar refractivity (Wildman–Crippen MR) is 137 cm³/mol. The monoisotopic (exact) mass is 438 g/mol. The van der Waals surface area contributed by atoms with E-state index in [0.29, 0.717) is 0 Å². The molecular weight excluding hydrogens is 404 g/mol. The Morgan fingerprint density at radius 2 is 1.09 bits per heavy atom. The number of hydrogen-bond donors (Lipinski definition) is 0. The average molecular weight is 439 g/mol. The molecule has 0 unspecified atom stereocenters. The molecule has 33 heavy (non-hydrogen) atoms. The second kappa shape index (κ2) is 9.76. The molecule has 170 valence electrons. The van der Waals surface area contributed by atoms with Crippen LogP contribution < -0.4 is 0 Å². The van der Waals surface area contributed by atoms with Crippen LogP contribution in [0.1, 0.15) is 42.4 Å². The van der Waals surface area contributed by atoms with Gasteiger partial charge in [0.1, 0.15) is 0 Å². The third-order valence-electron chi connectivity index (χ3n) is 7.57. The standard InChI is InChI=1S/C30H34N2O/c1-31(2)29(26-15-9-5-10-16-26)21-23-30(24-22-29,27-17-11-6-12-18-27)32(3)28(33)20-19-25-13-7-4-8-14-25/h4-20H,21-24H2,1-3H3/b20-19+. The fourth-order valence-electron chi connectivity index (χ4n) is 5.44. The number of likely N-dealkylation sites (N-methyl/N-ethyl adjacent to an activating group) is 1. The number of carbonyl (C=O) groups is 1. The molecule has 0 aromatic heterocycles. The summed E-state index contributed by atoms with van der Waals surface area (Å²) >= 11 is 0. The zero-order valence-corrected chi connectivity index (χ0v) is 19.9. The van der Waals surface area contributed by atoms with Crippen molar-refractivity contribution in [3.05, 3.63) is 114 Å². The van der Waals surface area contributed by atoms with Crippen LogP contribution >= 0.6 is 0 Å². The van der Waals surface area contributed by atoms with Gasteiger partial charge in [-0.25, -0.2) is 0 Å². The number of benzene rings is 3. The summed E-state index contributed by atoms with van der Waals surface area (Å²) in [5.74, 6) is 0.0415. The van der Waals surface area contributed by atoms with Crippen LogP contribution in [0.4, 0.5) is 0 Å². The molecule has 0 spiro atoms. The van der Waals surface area contributed by atoms with Crippen molar-refractivity contribution in [1.29, 1.82) is 0 Å². The van der Waals surface area contributed by atoms with E-state index in [0.717, 1.165) is 31.2 Å². The van der Waals surface area contributed by atoms with Gasteiger partial charge in [-0.3, -0.25) is 9.69 Å². The van der Waals surface area contributed by atoms with Crippen molar-refractivity contribution < 1.29 is 4.79 Å². The first kappa shape index (κ1) is 23.0. The summed E-state index contributed by atoms with van der Waals surface area (Å²) in [6, 6.07) is 31.4. The third kappa shape index (κ3) is 4.51. The molecule has 1 fully saturated rings. The highest BCUT2D eigenvalue weighted by Gasteiger charge is 2.48. The average Bonchev–Trinajstić information content (AvgIpc) is 2.88. The third-order valence-corrected chi connectivity index (χ3v) is 7.57. The van der Waals surface area contributed by atoms with Crippen molar-refractivity contribution in [2.45, 2.75) is 36.8 Å². The summed E-state index contributed by atoms with van der Waals surface area (Å²) in [5.41, 5.74) is 3.26. The summed E-state index contributed by atoms with van der Waals surface area (Å²) < 4.78 is 0. The van der Waals surface area contributed by atoms with Gasteiger partial charge >= 0.3 is 0 Å². The van der Waals surface area contributed by atoms with E-state index in [1.165, 1.54) is 11.1 Å². The lowest BCUT2D eigenvalue weighted by Crippen LogP contribution is -2.54. The van der Waals surface area contributed by atoms with E-state index in [2.05, 4.69) is 73.6 Å². The summed E-state index contributed by atoms with van der Waals surface area (Å²) in [6.45, 7) is 0. The molecule has 3 heteroatoms. The highest BCUT2D eigenvalue weighted by molar-refractivity contribution is 5.92. The quantitative estimate of drug-likeness (QED) is 0.435. The van der Waals surface area contributed by atoms with Crippen molar-refractivity contribution in [3.63, 3.8) is 0 Å². The summed E-state index contributed by atoms with van der Waals surface area (Å²) in [5, 5.41) is 0. The molecule has 1 amide bonds. The molecule has 1 aliphatic carbocycles. The number of nitrogens with zero attached hydrogens (tertiary/aromatic N) is 2. The first-order valence-electron chi connectivity index (χ1n) is 11.8. The van der Waals surface area contributed by atoms with Crippen molar-refractivity contribution in [3.8, 4) is 0 Å². The lowest BCUT2D eigenvalue weighted by molar-refractivity contribution is -0.133. The van der Waals surface area contributed by atoms with Crippen molar-refractivity contribution in [1.82, 2.24) is 9.80 Å². The highest BCUT2D eigenvalue weighted by atomic mass is 16.2. The first-order valence-corrected chi connectivity index (χ1v) is 11.8. The van der Waals surface area contributed by atoms with Crippen LogP contribution in [0.5, 0.6) is 0 Å². The Bertz CT molecular complexity index is 1070. The van der Waals surface area contributed by atoms with Crippen molar-refractivity contribution in [2.24, 2.45) is 0 Å². The minimum atomic E-state index is -0.326. The predicted octanol–water partition coefficient (Wildman–Crippen LogP) is 6.08. The Labute approximate surface area is 198 Å². The van der Waals surface area contributed by atoms with Crippen LogP contribution in [0.3, 0.4) is 0 Å². The SMILES string of the molecule is CN(C)C1(c2ccccc2)CCC(c2ccccc2)(N(C)C(=O)/C=C/c2ccccc2)CC1. The fraction of sp³-hybridized carbons (Fsp3) is 0.300. The lowest BCUT2D eigenvalue weighted by atomic mass is 9.66. The molecular formula is C30H34N2O. The molecule has 0 atom stereocenters. The minimum absolute atomic E-state index is 0.0245. The van der Waals surface area contributed by atoms with Gasteiger partial charge in [0.25, 0.3) is 0 Å². The van der Waals surface area contributed by atoms with Crippen molar-refractivity contribution in [2.75, 3.05) is 21.1 Å². The normalized spacial score (nSPS) is 23.0. The van der Waals surface area contributed by atoms with Gasteiger partial charge in [-0.1, -0.05) is 91.0 Å². The van der Waals surface area contributed by atoms with Gasteiger partial charge in [0.2, 0.25) is 5.91 Å². The molecule has 0 saturated heterocycles. The Morgan fingerprint density at radius 1 is 0.667 bits per heavy atom. The highest BCUT2D eigenvalue weighted by Crippen LogP contribution is 2.50. The molecule has 1 aliphatic rings.